The van der Waals surface area contributed by atoms with E-state index in [-0.39, 0.29) is 0 Å². The number of rotatable bonds is 8. The van der Waals surface area contributed by atoms with Gasteiger partial charge < -0.3 is 14.8 Å². The molecule has 1 N–H and O–H groups in total. The average molecular weight is 284 g/mol. The van der Waals surface area contributed by atoms with E-state index < -0.39 is 0 Å². The minimum Gasteiger partial charge on any atom is -0.382 e. The molecule has 0 aliphatic heterocycles. The Kier molecular flexibility index (Phi) is 6.11. The van der Waals surface area contributed by atoms with Crippen LogP contribution >= 0.6 is 11.6 Å². The maximum Gasteiger partial charge on any atom is 0.0700 e. The van der Waals surface area contributed by atoms with Crippen LogP contribution in [0.2, 0.25) is 5.02 Å². The summed E-state index contributed by atoms with van der Waals surface area (Å²) in [4.78, 5) is 0. The summed E-state index contributed by atoms with van der Waals surface area (Å²) in [6.45, 7) is 2.99. The van der Waals surface area contributed by atoms with Gasteiger partial charge in [-0.2, -0.15) is 0 Å². The highest BCUT2D eigenvalue weighted by Gasteiger charge is 2.30. The molecule has 0 saturated heterocycles. The number of hydrogen-bond acceptors (Lipinski definition) is 3. The highest BCUT2D eigenvalue weighted by molar-refractivity contribution is 6.31. The molecule has 4 heteroatoms. The van der Waals surface area contributed by atoms with Gasteiger partial charge in [0.05, 0.1) is 19.8 Å². The molecule has 0 heterocycles. The third kappa shape index (κ3) is 4.46. The summed E-state index contributed by atoms with van der Waals surface area (Å²) in [5.74, 6) is 0.612. The summed E-state index contributed by atoms with van der Waals surface area (Å²) in [5, 5.41) is 4.40. The first-order valence-electron chi connectivity index (χ1n) is 6.85. The van der Waals surface area contributed by atoms with Gasteiger partial charge in [0.1, 0.15) is 0 Å². The van der Waals surface area contributed by atoms with Crippen LogP contribution in [0.15, 0.2) is 24.3 Å². The van der Waals surface area contributed by atoms with Crippen molar-refractivity contribution in [3.8, 4) is 0 Å². The summed E-state index contributed by atoms with van der Waals surface area (Å²) < 4.78 is 10.3. The Bertz CT molecular complexity index is 380. The first-order valence-corrected chi connectivity index (χ1v) is 7.23. The molecule has 1 aromatic carbocycles. The first-order chi connectivity index (χ1) is 9.31. The second-order valence-corrected chi connectivity index (χ2v) is 5.35. The Labute approximate surface area is 120 Å². The van der Waals surface area contributed by atoms with Gasteiger partial charge in [0, 0.05) is 24.7 Å². The van der Waals surface area contributed by atoms with Gasteiger partial charge in [-0.05, 0) is 30.4 Å². The fraction of sp³-hybridized carbons (Fsp3) is 0.600. The summed E-state index contributed by atoms with van der Waals surface area (Å²) in [5.41, 5.74) is 1.29. The van der Waals surface area contributed by atoms with Gasteiger partial charge in [-0.15, -0.1) is 0 Å². The van der Waals surface area contributed by atoms with E-state index >= 15 is 0 Å². The quantitative estimate of drug-likeness (QED) is 0.744. The van der Waals surface area contributed by atoms with Crippen LogP contribution in [0.3, 0.4) is 0 Å². The van der Waals surface area contributed by atoms with Gasteiger partial charge in [-0.1, -0.05) is 29.8 Å². The fourth-order valence-corrected chi connectivity index (χ4v) is 2.71. The number of benzene rings is 1. The molecule has 0 atom stereocenters. The van der Waals surface area contributed by atoms with Crippen LogP contribution < -0.4 is 5.32 Å². The zero-order valence-corrected chi connectivity index (χ0v) is 12.2. The van der Waals surface area contributed by atoms with E-state index in [2.05, 4.69) is 17.4 Å². The number of hydrogen-bond donors (Lipinski definition) is 1. The third-order valence-electron chi connectivity index (χ3n) is 3.59. The lowest BCUT2D eigenvalue weighted by Gasteiger charge is -2.36. The number of nitrogens with one attached hydrogen (secondary N) is 1. The molecule has 0 aromatic heterocycles. The first kappa shape index (κ1) is 14.8. The van der Waals surface area contributed by atoms with Crippen molar-refractivity contribution in [2.24, 2.45) is 0 Å². The molecular weight excluding hydrogens is 262 g/mol. The molecule has 3 nitrogen and oxygen atoms in total. The van der Waals surface area contributed by atoms with E-state index in [1.807, 2.05) is 12.1 Å². The fourth-order valence-electron chi connectivity index (χ4n) is 2.42. The smallest absolute Gasteiger partial charge is 0.0700 e. The van der Waals surface area contributed by atoms with Gasteiger partial charge in [-0.3, -0.25) is 0 Å². The molecule has 0 unspecified atom stereocenters. The Morgan fingerprint density at radius 3 is 2.74 bits per heavy atom. The van der Waals surface area contributed by atoms with Crippen LogP contribution in [-0.4, -0.2) is 39.5 Å². The van der Waals surface area contributed by atoms with Gasteiger partial charge in [-0.25, -0.2) is 0 Å². The second-order valence-electron chi connectivity index (χ2n) is 4.95. The van der Waals surface area contributed by atoms with Crippen molar-refractivity contribution in [1.82, 2.24) is 5.32 Å². The van der Waals surface area contributed by atoms with Crippen molar-refractivity contribution in [2.75, 3.05) is 33.5 Å². The molecule has 0 amide bonds. The zero-order chi connectivity index (χ0) is 13.5. The van der Waals surface area contributed by atoms with E-state index in [0.717, 1.165) is 18.2 Å². The maximum atomic E-state index is 6.20. The monoisotopic (exact) mass is 283 g/mol. The molecular formula is C15H22ClNO2. The lowest BCUT2D eigenvalue weighted by atomic mass is 9.76. The molecule has 1 aromatic rings. The Morgan fingerprint density at radius 1 is 1.21 bits per heavy atom. The average Bonchev–Trinajstić information content (AvgIpc) is 2.37. The molecule has 0 spiro atoms. The summed E-state index contributed by atoms with van der Waals surface area (Å²) >= 11 is 6.20. The number of halogens is 1. The Morgan fingerprint density at radius 2 is 2.00 bits per heavy atom. The van der Waals surface area contributed by atoms with Gasteiger partial charge in [0.15, 0.2) is 0 Å². The topological polar surface area (TPSA) is 30.5 Å². The summed E-state index contributed by atoms with van der Waals surface area (Å²) in [6.07, 6.45) is 2.34. The van der Waals surface area contributed by atoms with Crippen LogP contribution in [-0.2, 0) is 9.47 Å². The maximum absolute atomic E-state index is 6.20. The van der Waals surface area contributed by atoms with Crippen LogP contribution in [0.25, 0.3) is 0 Å². The SMILES string of the molecule is COCCOCCNC1CC(c2ccccc2Cl)C1. The number of methoxy groups -OCH3 is 1. The minimum absolute atomic E-state index is 0.604. The Balaban J connectivity index is 1.58. The summed E-state index contributed by atoms with van der Waals surface area (Å²) in [6, 6.07) is 8.76. The van der Waals surface area contributed by atoms with Gasteiger partial charge >= 0.3 is 0 Å². The standard InChI is InChI=1S/C15H22ClNO2/c1-18-8-9-19-7-6-17-13-10-12(11-13)14-4-2-3-5-15(14)16/h2-5,12-13,17H,6-11H2,1H3. The molecule has 0 radical (unpaired) electrons. The normalized spacial score (nSPS) is 22.2. The molecule has 0 bridgehead atoms. The van der Waals surface area contributed by atoms with Crippen molar-refractivity contribution in [1.29, 1.82) is 0 Å². The predicted octanol–water partition coefficient (Wildman–Crippen LogP) is 2.84. The second kappa shape index (κ2) is 7.85. The van der Waals surface area contributed by atoms with Gasteiger partial charge in [0.2, 0.25) is 0 Å². The van der Waals surface area contributed by atoms with Crippen LogP contribution in [0.5, 0.6) is 0 Å². The molecule has 1 aliphatic rings. The Hall–Kier alpha value is -0.610. The summed E-state index contributed by atoms with van der Waals surface area (Å²) in [7, 11) is 1.69. The van der Waals surface area contributed by atoms with Crippen LogP contribution in [0.1, 0.15) is 24.3 Å². The lowest BCUT2D eigenvalue weighted by molar-refractivity contribution is 0.0694. The van der Waals surface area contributed by atoms with Crippen LogP contribution in [0.4, 0.5) is 0 Å². The zero-order valence-electron chi connectivity index (χ0n) is 11.4. The van der Waals surface area contributed by atoms with Crippen LogP contribution in [0, 0.1) is 0 Å². The predicted molar refractivity (Wildman–Crippen MR) is 77.9 cm³/mol. The third-order valence-corrected chi connectivity index (χ3v) is 3.94. The van der Waals surface area contributed by atoms with Crippen molar-refractivity contribution in [2.45, 2.75) is 24.8 Å². The molecule has 1 saturated carbocycles. The van der Waals surface area contributed by atoms with Crippen molar-refractivity contribution >= 4 is 11.6 Å². The highest BCUT2D eigenvalue weighted by Crippen LogP contribution is 2.39. The number of ether oxygens (including phenoxy) is 2. The highest BCUT2D eigenvalue weighted by atomic mass is 35.5. The lowest BCUT2D eigenvalue weighted by Crippen LogP contribution is -2.41. The van der Waals surface area contributed by atoms with E-state index in [0.29, 0.717) is 25.2 Å². The van der Waals surface area contributed by atoms with E-state index in [1.54, 1.807) is 7.11 Å². The molecule has 1 fully saturated rings. The molecule has 106 valence electrons. The van der Waals surface area contributed by atoms with Gasteiger partial charge in [0.25, 0.3) is 0 Å². The molecule has 1 aliphatic carbocycles. The van der Waals surface area contributed by atoms with E-state index in [1.165, 1.54) is 18.4 Å². The van der Waals surface area contributed by atoms with Crippen molar-refractivity contribution in [3.63, 3.8) is 0 Å². The molecule has 2 rings (SSSR count). The van der Waals surface area contributed by atoms with E-state index in [9.17, 15) is 0 Å². The van der Waals surface area contributed by atoms with Crippen molar-refractivity contribution < 1.29 is 9.47 Å². The van der Waals surface area contributed by atoms with E-state index in [4.69, 9.17) is 21.1 Å². The van der Waals surface area contributed by atoms with Crippen molar-refractivity contribution in [3.05, 3.63) is 34.9 Å². The largest absolute Gasteiger partial charge is 0.382 e. The molecule has 19 heavy (non-hydrogen) atoms. The minimum atomic E-state index is 0.604.